The SMILES string of the molecule is CCCCCNc1c(F)cc(C#N)cc1F. The maximum Gasteiger partial charge on any atom is 0.150 e. The molecular formula is C12H14F2N2. The first-order chi connectivity index (χ1) is 7.69. The van der Waals surface area contributed by atoms with Crippen molar-refractivity contribution < 1.29 is 8.78 Å². The molecule has 4 heteroatoms. The molecule has 0 bridgehead atoms. The summed E-state index contributed by atoms with van der Waals surface area (Å²) < 4.78 is 26.7. The zero-order chi connectivity index (χ0) is 12.0. The predicted octanol–water partition coefficient (Wildman–Crippen LogP) is 3.44. The maximum atomic E-state index is 13.4. The zero-order valence-electron chi connectivity index (χ0n) is 9.19. The van der Waals surface area contributed by atoms with Gasteiger partial charge in [-0.1, -0.05) is 19.8 Å². The van der Waals surface area contributed by atoms with Gasteiger partial charge in [-0.05, 0) is 18.6 Å². The van der Waals surface area contributed by atoms with E-state index in [0.717, 1.165) is 31.4 Å². The fourth-order valence-electron chi connectivity index (χ4n) is 1.39. The number of hydrogen-bond donors (Lipinski definition) is 1. The number of halogens is 2. The van der Waals surface area contributed by atoms with Crippen LogP contribution in [0.5, 0.6) is 0 Å². The van der Waals surface area contributed by atoms with Crippen LogP contribution < -0.4 is 5.32 Å². The summed E-state index contributed by atoms with van der Waals surface area (Å²) in [5.41, 5.74) is -0.149. The van der Waals surface area contributed by atoms with Crippen LogP contribution in [0.15, 0.2) is 12.1 Å². The fourth-order valence-corrected chi connectivity index (χ4v) is 1.39. The van der Waals surface area contributed by atoms with Gasteiger partial charge in [0.25, 0.3) is 0 Å². The second-order valence-corrected chi connectivity index (χ2v) is 3.56. The summed E-state index contributed by atoms with van der Waals surface area (Å²) in [6.07, 6.45) is 2.95. The summed E-state index contributed by atoms with van der Waals surface area (Å²) in [7, 11) is 0. The molecule has 0 radical (unpaired) electrons. The van der Waals surface area contributed by atoms with Gasteiger partial charge in [-0.3, -0.25) is 0 Å². The second kappa shape index (κ2) is 6.06. The van der Waals surface area contributed by atoms with E-state index in [9.17, 15) is 8.78 Å². The first-order valence-corrected chi connectivity index (χ1v) is 5.32. The third kappa shape index (κ3) is 3.20. The van der Waals surface area contributed by atoms with Crippen molar-refractivity contribution in [1.82, 2.24) is 0 Å². The Kier molecular flexibility index (Phi) is 4.71. The lowest BCUT2D eigenvalue weighted by Crippen LogP contribution is -2.06. The van der Waals surface area contributed by atoms with Crippen LogP contribution in [0.25, 0.3) is 0 Å². The van der Waals surface area contributed by atoms with Crippen molar-refractivity contribution in [3.8, 4) is 6.07 Å². The van der Waals surface area contributed by atoms with Crippen LogP contribution >= 0.6 is 0 Å². The van der Waals surface area contributed by atoms with E-state index in [1.807, 2.05) is 0 Å². The third-order valence-electron chi connectivity index (χ3n) is 2.25. The Morgan fingerprint density at radius 2 is 1.88 bits per heavy atom. The Morgan fingerprint density at radius 3 is 2.38 bits per heavy atom. The molecule has 16 heavy (non-hydrogen) atoms. The van der Waals surface area contributed by atoms with E-state index >= 15 is 0 Å². The Morgan fingerprint density at radius 1 is 1.25 bits per heavy atom. The number of nitriles is 1. The second-order valence-electron chi connectivity index (χ2n) is 3.56. The Balaban J connectivity index is 2.70. The third-order valence-corrected chi connectivity index (χ3v) is 2.25. The monoisotopic (exact) mass is 224 g/mol. The van der Waals surface area contributed by atoms with Gasteiger partial charge >= 0.3 is 0 Å². The van der Waals surface area contributed by atoms with Crippen LogP contribution in [-0.4, -0.2) is 6.54 Å². The highest BCUT2D eigenvalue weighted by Gasteiger charge is 2.10. The number of rotatable bonds is 5. The molecule has 0 spiro atoms. The molecule has 0 aromatic heterocycles. The van der Waals surface area contributed by atoms with Gasteiger partial charge in [0.2, 0.25) is 0 Å². The molecule has 0 aliphatic carbocycles. The summed E-state index contributed by atoms with van der Waals surface area (Å²) in [5, 5.41) is 11.2. The standard InChI is InChI=1S/C12H14F2N2/c1-2-3-4-5-16-12-10(13)6-9(8-15)7-11(12)14/h6-7,16H,2-5H2,1H3. The van der Waals surface area contributed by atoms with Crippen LogP contribution in [-0.2, 0) is 0 Å². The molecule has 2 nitrogen and oxygen atoms in total. The van der Waals surface area contributed by atoms with Crippen molar-refractivity contribution in [1.29, 1.82) is 5.26 Å². The highest BCUT2D eigenvalue weighted by molar-refractivity contribution is 5.50. The minimum absolute atomic E-state index is 0.00546. The van der Waals surface area contributed by atoms with E-state index < -0.39 is 11.6 Å². The molecule has 0 heterocycles. The average Bonchev–Trinajstić information content (AvgIpc) is 2.26. The number of anilines is 1. The number of benzene rings is 1. The van der Waals surface area contributed by atoms with E-state index in [2.05, 4.69) is 12.2 Å². The number of nitrogens with one attached hydrogen (secondary N) is 1. The number of hydrogen-bond acceptors (Lipinski definition) is 2. The Bertz CT molecular complexity index is 373. The minimum atomic E-state index is -0.715. The van der Waals surface area contributed by atoms with Crippen molar-refractivity contribution in [2.45, 2.75) is 26.2 Å². The molecule has 0 saturated heterocycles. The molecule has 1 N–H and O–H groups in total. The molecule has 1 rings (SSSR count). The lowest BCUT2D eigenvalue weighted by Gasteiger charge is -2.08. The first kappa shape index (κ1) is 12.4. The van der Waals surface area contributed by atoms with Gasteiger partial charge in [-0.15, -0.1) is 0 Å². The van der Waals surface area contributed by atoms with Crippen LogP contribution in [0.1, 0.15) is 31.7 Å². The normalized spacial score (nSPS) is 9.88. The van der Waals surface area contributed by atoms with Crippen molar-refractivity contribution in [3.05, 3.63) is 29.3 Å². The van der Waals surface area contributed by atoms with Crippen LogP contribution in [0.2, 0.25) is 0 Å². The Labute approximate surface area is 93.9 Å². The van der Waals surface area contributed by atoms with Crippen LogP contribution in [0.3, 0.4) is 0 Å². The molecule has 0 amide bonds. The fraction of sp³-hybridized carbons (Fsp3) is 0.417. The maximum absolute atomic E-state index is 13.4. The summed E-state index contributed by atoms with van der Waals surface area (Å²) >= 11 is 0. The molecule has 0 saturated carbocycles. The molecule has 1 aromatic carbocycles. The van der Waals surface area contributed by atoms with Gasteiger partial charge in [0.1, 0.15) is 5.69 Å². The predicted molar refractivity (Wildman–Crippen MR) is 59.1 cm³/mol. The summed E-state index contributed by atoms with van der Waals surface area (Å²) in [6, 6.07) is 3.77. The number of unbranched alkanes of at least 4 members (excludes halogenated alkanes) is 2. The van der Waals surface area contributed by atoms with Gasteiger partial charge in [0.05, 0.1) is 11.6 Å². The Hall–Kier alpha value is -1.63. The largest absolute Gasteiger partial charge is 0.380 e. The lowest BCUT2D eigenvalue weighted by atomic mass is 10.2. The van der Waals surface area contributed by atoms with E-state index in [1.54, 1.807) is 6.07 Å². The highest BCUT2D eigenvalue weighted by atomic mass is 19.1. The average molecular weight is 224 g/mol. The van der Waals surface area contributed by atoms with Crippen LogP contribution in [0.4, 0.5) is 14.5 Å². The summed E-state index contributed by atoms with van der Waals surface area (Å²) in [4.78, 5) is 0. The van der Waals surface area contributed by atoms with Crippen molar-refractivity contribution >= 4 is 5.69 Å². The van der Waals surface area contributed by atoms with Crippen LogP contribution in [0, 0.1) is 23.0 Å². The van der Waals surface area contributed by atoms with Gasteiger partial charge in [-0.25, -0.2) is 8.78 Å². The first-order valence-electron chi connectivity index (χ1n) is 5.32. The highest BCUT2D eigenvalue weighted by Crippen LogP contribution is 2.20. The number of nitrogens with zero attached hydrogens (tertiary/aromatic N) is 1. The molecular weight excluding hydrogens is 210 g/mol. The van der Waals surface area contributed by atoms with Gasteiger partial charge in [-0.2, -0.15) is 5.26 Å². The van der Waals surface area contributed by atoms with Gasteiger partial charge in [0.15, 0.2) is 11.6 Å². The molecule has 1 aromatic rings. The molecule has 0 atom stereocenters. The topological polar surface area (TPSA) is 35.8 Å². The zero-order valence-corrected chi connectivity index (χ0v) is 9.19. The molecule has 0 fully saturated rings. The van der Waals surface area contributed by atoms with E-state index in [1.165, 1.54) is 0 Å². The quantitative estimate of drug-likeness (QED) is 0.777. The van der Waals surface area contributed by atoms with Crippen molar-refractivity contribution in [2.24, 2.45) is 0 Å². The minimum Gasteiger partial charge on any atom is -0.380 e. The van der Waals surface area contributed by atoms with E-state index in [4.69, 9.17) is 5.26 Å². The van der Waals surface area contributed by atoms with E-state index in [-0.39, 0.29) is 11.3 Å². The summed E-state index contributed by atoms with van der Waals surface area (Å²) in [5.74, 6) is -1.43. The smallest absolute Gasteiger partial charge is 0.150 e. The van der Waals surface area contributed by atoms with Gasteiger partial charge in [0, 0.05) is 6.54 Å². The summed E-state index contributed by atoms with van der Waals surface area (Å²) in [6.45, 7) is 2.59. The molecule has 86 valence electrons. The van der Waals surface area contributed by atoms with Crippen molar-refractivity contribution in [2.75, 3.05) is 11.9 Å². The molecule has 0 aliphatic heterocycles. The molecule has 0 unspecified atom stereocenters. The van der Waals surface area contributed by atoms with E-state index in [0.29, 0.717) is 6.54 Å². The molecule has 0 aliphatic rings. The lowest BCUT2D eigenvalue weighted by molar-refractivity contribution is 0.586. The van der Waals surface area contributed by atoms with Crippen molar-refractivity contribution in [3.63, 3.8) is 0 Å². The van der Waals surface area contributed by atoms with Gasteiger partial charge < -0.3 is 5.32 Å².